The number of aliphatic carboxylic acids is 1. The first-order chi connectivity index (χ1) is 40.6. The average molecular weight is 1110 g/mol. The van der Waals surface area contributed by atoms with E-state index in [1.165, 1.54) is 137 Å². The predicted molar refractivity (Wildman–Crippen MR) is 353 cm³/mol. The number of benzene rings is 8. The maximum absolute atomic E-state index is 11.7. The van der Waals surface area contributed by atoms with Crippen molar-refractivity contribution >= 4 is 40.1 Å². The monoisotopic (exact) mass is 1110 g/mol. The second kappa shape index (κ2) is 25.7. The molecule has 1 heterocycles. The minimum Gasteiger partial charge on any atom is -0.477 e. The van der Waals surface area contributed by atoms with Crippen LogP contribution in [-0.4, -0.2) is 11.1 Å². The van der Waals surface area contributed by atoms with Gasteiger partial charge >= 0.3 is 5.97 Å². The van der Waals surface area contributed by atoms with Gasteiger partial charge in [-0.25, -0.2) is 4.79 Å². The summed E-state index contributed by atoms with van der Waals surface area (Å²) in [6.07, 6.45) is 18.4. The number of nitrogens with zero attached hydrogens (tertiary/aromatic N) is 2. The van der Waals surface area contributed by atoms with Gasteiger partial charge in [0.25, 0.3) is 0 Å². The first-order valence-electron chi connectivity index (χ1n) is 31.1. The molecule has 0 saturated heterocycles. The molecule has 0 unspecified atom stereocenters. The standard InChI is InChI=1S/C79H84N2O3/c1-9-11-13-15-17-19-47-79(48-20-18-16-14-12-10-2)72-51-61(33-45-70(72)71-46-34-62(52-73(71)79)75-53-63-22-21-55(50-74(63)84-75)49-64(54-80)76(82)83)60-31-43-69(44-32-60)81(67-39-27-58(28-40-67)56-23-35-65(36-24-56)77(3,4)5)68-41-29-59(30-42-68)57-25-37-66(38-26-57)78(6,7)8/h21-46,49-53H,9-20,47-48H2,1-8H3,(H,82,83)/b64-49-. The highest BCUT2D eigenvalue weighted by Crippen LogP contribution is 2.56. The van der Waals surface area contributed by atoms with Crippen LogP contribution >= 0.6 is 0 Å². The second-order valence-corrected chi connectivity index (χ2v) is 25.7. The van der Waals surface area contributed by atoms with Gasteiger partial charge in [-0.3, -0.25) is 0 Å². The Hall–Kier alpha value is -8.20. The summed E-state index contributed by atoms with van der Waals surface area (Å²) in [5, 5.41) is 19.9. The number of rotatable bonds is 23. The molecule has 0 atom stereocenters. The van der Waals surface area contributed by atoms with Crippen molar-refractivity contribution in [2.24, 2.45) is 0 Å². The van der Waals surface area contributed by atoms with Crippen molar-refractivity contribution in [1.29, 1.82) is 5.26 Å². The summed E-state index contributed by atoms with van der Waals surface area (Å²) < 4.78 is 6.62. The molecule has 0 spiro atoms. The van der Waals surface area contributed by atoms with Gasteiger partial charge in [-0.2, -0.15) is 5.26 Å². The molecule has 84 heavy (non-hydrogen) atoms. The summed E-state index contributed by atoms with van der Waals surface area (Å²) in [7, 11) is 0. The van der Waals surface area contributed by atoms with Crippen LogP contribution in [0.2, 0.25) is 0 Å². The number of hydrogen-bond acceptors (Lipinski definition) is 4. The van der Waals surface area contributed by atoms with E-state index >= 15 is 0 Å². The zero-order chi connectivity index (χ0) is 59.0. The van der Waals surface area contributed by atoms with E-state index in [4.69, 9.17) is 4.42 Å². The Morgan fingerprint density at radius 2 is 0.881 bits per heavy atom. The Kier molecular flexibility index (Phi) is 18.1. The smallest absolute Gasteiger partial charge is 0.346 e. The minimum atomic E-state index is -1.25. The molecule has 0 radical (unpaired) electrons. The maximum atomic E-state index is 11.7. The van der Waals surface area contributed by atoms with Gasteiger partial charge in [-0.15, -0.1) is 0 Å². The number of carbonyl (C=O) groups is 1. The zero-order valence-electron chi connectivity index (χ0n) is 51.0. The summed E-state index contributed by atoms with van der Waals surface area (Å²) >= 11 is 0. The van der Waals surface area contributed by atoms with Crippen molar-refractivity contribution in [3.05, 3.63) is 215 Å². The van der Waals surface area contributed by atoms with Crippen LogP contribution < -0.4 is 4.90 Å². The molecule has 10 rings (SSSR count). The van der Waals surface area contributed by atoms with Crippen LogP contribution in [0, 0.1) is 11.3 Å². The Bertz CT molecular complexity index is 3660. The van der Waals surface area contributed by atoms with Gasteiger partial charge in [-0.1, -0.05) is 254 Å². The molecule has 1 aliphatic carbocycles. The number of nitriles is 1. The summed E-state index contributed by atoms with van der Waals surface area (Å²) in [6.45, 7) is 18.2. The molecule has 428 valence electrons. The first kappa shape index (κ1) is 59.0. The topological polar surface area (TPSA) is 77.5 Å². The summed E-state index contributed by atoms with van der Waals surface area (Å²) in [5.74, 6) is -0.475. The van der Waals surface area contributed by atoms with Crippen molar-refractivity contribution in [1.82, 2.24) is 0 Å². The van der Waals surface area contributed by atoms with Crippen LogP contribution in [-0.2, 0) is 21.0 Å². The molecule has 0 saturated carbocycles. The fourth-order valence-corrected chi connectivity index (χ4v) is 12.7. The molecule has 5 heteroatoms. The molecular weight excluding hydrogens is 1020 g/mol. The minimum absolute atomic E-state index is 0.0945. The van der Waals surface area contributed by atoms with Gasteiger partial charge in [0.2, 0.25) is 0 Å². The number of fused-ring (bicyclic) bond motifs is 4. The van der Waals surface area contributed by atoms with E-state index in [0.29, 0.717) is 11.1 Å². The largest absolute Gasteiger partial charge is 0.477 e. The number of unbranched alkanes of at least 4 members (excludes halogenated alkanes) is 10. The van der Waals surface area contributed by atoms with E-state index in [1.807, 2.05) is 18.2 Å². The zero-order valence-corrected chi connectivity index (χ0v) is 51.0. The van der Waals surface area contributed by atoms with Gasteiger partial charge in [-0.05, 0) is 163 Å². The molecule has 8 aromatic carbocycles. The van der Waals surface area contributed by atoms with Gasteiger partial charge in [0.1, 0.15) is 23.0 Å². The number of hydrogen-bond donors (Lipinski definition) is 1. The van der Waals surface area contributed by atoms with Gasteiger partial charge in [0, 0.05) is 33.4 Å². The molecule has 1 aromatic heterocycles. The van der Waals surface area contributed by atoms with E-state index in [0.717, 1.165) is 59.5 Å². The molecule has 0 aliphatic heterocycles. The Labute approximate surface area is 500 Å². The van der Waals surface area contributed by atoms with Crippen molar-refractivity contribution in [3.8, 4) is 61.9 Å². The first-order valence-corrected chi connectivity index (χ1v) is 31.1. The third-order valence-corrected chi connectivity index (χ3v) is 17.6. The number of anilines is 3. The van der Waals surface area contributed by atoms with Gasteiger partial charge in [0.15, 0.2) is 0 Å². The van der Waals surface area contributed by atoms with Crippen LogP contribution in [0.4, 0.5) is 17.1 Å². The predicted octanol–water partition coefficient (Wildman–Crippen LogP) is 22.9. The van der Waals surface area contributed by atoms with Crippen molar-refractivity contribution in [2.75, 3.05) is 4.90 Å². The molecule has 5 nitrogen and oxygen atoms in total. The SMILES string of the molecule is CCCCCCCCC1(CCCCCCCC)c2cc(-c3ccc(N(c4ccc(-c5ccc(C(C)(C)C)cc5)cc4)c4ccc(-c5ccc(C(C)(C)C)cc5)cc4)cc3)ccc2-c2ccc(-c3cc4ccc(/C=C(/C#N)C(=O)O)cc4o3)cc21. The lowest BCUT2D eigenvalue weighted by Gasteiger charge is -2.33. The molecule has 1 N–H and O–H groups in total. The number of furan rings is 1. The Morgan fingerprint density at radius 1 is 0.488 bits per heavy atom. The normalized spacial score (nSPS) is 13.0. The summed E-state index contributed by atoms with van der Waals surface area (Å²) in [4.78, 5) is 14.1. The lowest BCUT2D eigenvalue weighted by molar-refractivity contribution is -0.132. The fourth-order valence-electron chi connectivity index (χ4n) is 12.7. The van der Waals surface area contributed by atoms with Gasteiger partial charge < -0.3 is 14.4 Å². The molecule has 0 amide bonds. The van der Waals surface area contributed by atoms with Crippen LogP contribution in [0.5, 0.6) is 0 Å². The third kappa shape index (κ3) is 13.1. The molecule has 0 bridgehead atoms. The second-order valence-electron chi connectivity index (χ2n) is 25.7. The van der Waals surface area contributed by atoms with Crippen LogP contribution in [0.1, 0.15) is 173 Å². The highest BCUT2D eigenvalue weighted by molar-refractivity contribution is 5.97. The third-order valence-electron chi connectivity index (χ3n) is 17.6. The van der Waals surface area contributed by atoms with Crippen LogP contribution in [0.25, 0.3) is 72.9 Å². The Morgan fingerprint density at radius 3 is 1.31 bits per heavy atom. The fraction of sp³-hybridized carbons (Fsp3) is 0.316. The quantitative estimate of drug-likeness (QED) is 0.0392. The van der Waals surface area contributed by atoms with Crippen molar-refractivity contribution in [3.63, 3.8) is 0 Å². The molecule has 9 aromatic rings. The molecule has 1 aliphatic rings. The van der Waals surface area contributed by atoms with Crippen molar-refractivity contribution in [2.45, 2.75) is 162 Å². The van der Waals surface area contributed by atoms with Gasteiger partial charge in [0.05, 0.1) is 0 Å². The summed E-state index contributed by atoms with van der Waals surface area (Å²) in [5.41, 5.74) is 20.6. The lowest BCUT2D eigenvalue weighted by Crippen LogP contribution is -2.25. The van der Waals surface area contributed by atoms with E-state index in [-0.39, 0.29) is 21.8 Å². The van der Waals surface area contributed by atoms with Crippen LogP contribution in [0.3, 0.4) is 0 Å². The maximum Gasteiger partial charge on any atom is 0.346 e. The number of carboxylic acid groups (broad SMARTS) is 1. The molecular formula is C79H84N2O3. The van der Waals surface area contributed by atoms with E-state index in [9.17, 15) is 15.2 Å². The number of carboxylic acids is 1. The molecule has 0 fully saturated rings. The van der Waals surface area contributed by atoms with Crippen molar-refractivity contribution < 1.29 is 14.3 Å². The average Bonchev–Trinajstić information content (AvgIpc) is 1.68. The highest BCUT2D eigenvalue weighted by Gasteiger charge is 2.43. The Balaban J connectivity index is 1.02. The van der Waals surface area contributed by atoms with E-state index in [2.05, 4.69) is 224 Å². The highest BCUT2D eigenvalue weighted by atomic mass is 16.4. The van der Waals surface area contributed by atoms with E-state index in [1.54, 1.807) is 6.07 Å². The van der Waals surface area contributed by atoms with E-state index < -0.39 is 5.97 Å². The summed E-state index contributed by atoms with van der Waals surface area (Å²) in [6, 6.07) is 69.1. The lowest BCUT2D eigenvalue weighted by atomic mass is 9.70. The van der Waals surface area contributed by atoms with Crippen LogP contribution in [0.15, 0.2) is 192 Å².